The number of nitrogens with zero attached hydrogens (tertiary/aromatic N) is 3. The Hall–Kier alpha value is -2.25. The average molecular weight is 324 g/mol. The summed E-state index contributed by atoms with van der Waals surface area (Å²) < 4.78 is 33.1. The highest BCUT2D eigenvalue weighted by Crippen LogP contribution is 2.39. The molecule has 0 atom stereocenters. The van der Waals surface area contributed by atoms with Gasteiger partial charge in [-0.3, -0.25) is 4.79 Å². The number of rotatable bonds is 4. The second-order valence-corrected chi connectivity index (χ2v) is 5.86. The van der Waals surface area contributed by atoms with E-state index in [4.69, 9.17) is 4.52 Å². The van der Waals surface area contributed by atoms with Crippen molar-refractivity contribution in [1.82, 2.24) is 20.0 Å². The average Bonchev–Trinajstić information content (AvgIpc) is 3.14. The summed E-state index contributed by atoms with van der Waals surface area (Å²) in [6.45, 7) is 0.111. The molecule has 0 spiro atoms. The third-order valence-electron chi connectivity index (χ3n) is 4.14. The van der Waals surface area contributed by atoms with Gasteiger partial charge in [-0.2, -0.15) is 4.98 Å². The highest BCUT2D eigenvalue weighted by atomic mass is 19.3. The summed E-state index contributed by atoms with van der Waals surface area (Å²) in [7, 11) is 1.78. The molecule has 0 radical (unpaired) electrons. The smallest absolute Gasteiger partial charge is 0.268 e. The van der Waals surface area contributed by atoms with Crippen molar-refractivity contribution in [3.05, 3.63) is 35.7 Å². The van der Waals surface area contributed by atoms with Crippen LogP contribution in [0.5, 0.6) is 0 Å². The van der Waals surface area contributed by atoms with Crippen LogP contribution in [0, 0.1) is 0 Å². The lowest BCUT2D eigenvalue weighted by Crippen LogP contribution is -2.25. The first-order valence-corrected chi connectivity index (χ1v) is 7.54. The zero-order chi connectivity index (χ0) is 16.4. The molecule has 0 saturated heterocycles. The van der Waals surface area contributed by atoms with Crippen LogP contribution < -0.4 is 5.32 Å². The van der Waals surface area contributed by atoms with Gasteiger partial charge in [0, 0.05) is 32.0 Å². The first-order valence-electron chi connectivity index (χ1n) is 7.54. The molecule has 1 fully saturated rings. The lowest BCUT2D eigenvalue weighted by molar-refractivity contribution is -0.0389. The Kier molecular flexibility index (Phi) is 4.14. The van der Waals surface area contributed by atoms with Gasteiger partial charge in [0.2, 0.25) is 11.8 Å². The summed E-state index contributed by atoms with van der Waals surface area (Å²) in [5.41, 5.74) is 0.527. The number of aryl methyl sites for hydroxylation is 1. The number of alkyl halides is 2. The predicted octanol–water partition coefficient (Wildman–Crippen LogP) is 2.63. The Morgan fingerprint density at radius 1 is 1.48 bits per heavy atom. The van der Waals surface area contributed by atoms with Crippen molar-refractivity contribution in [1.29, 1.82) is 0 Å². The van der Waals surface area contributed by atoms with Gasteiger partial charge in [0.25, 0.3) is 5.91 Å². The predicted molar refractivity (Wildman–Crippen MR) is 77.0 cm³/mol. The highest BCUT2D eigenvalue weighted by Gasteiger charge is 2.36. The first kappa shape index (κ1) is 15.6. The number of carbonyl (C=O) groups is 1. The molecule has 0 bridgehead atoms. The maximum absolute atomic E-state index is 13.2. The van der Waals surface area contributed by atoms with Crippen LogP contribution >= 0.6 is 0 Å². The summed E-state index contributed by atoms with van der Waals surface area (Å²) in [6, 6.07) is 3.48. The Morgan fingerprint density at radius 2 is 2.22 bits per heavy atom. The molecule has 1 amide bonds. The van der Waals surface area contributed by atoms with Crippen LogP contribution in [0.4, 0.5) is 8.78 Å². The fourth-order valence-electron chi connectivity index (χ4n) is 2.75. The fraction of sp³-hybridized carbons (Fsp3) is 0.533. The van der Waals surface area contributed by atoms with Crippen LogP contribution in [0.2, 0.25) is 0 Å². The minimum atomic E-state index is -2.58. The molecule has 124 valence electrons. The molecule has 1 N–H and O–H groups in total. The van der Waals surface area contributed by atoms with E-state index in [1.165, 1.54) is 0 Å². The zero-order valence-electron chi connectivity index (χ0n) is 12.8. The zero-order valence-corrected chi connectivity index (χ0v) is 12.8. The van der Waals surface area contributed by atoms with Gasteiger partial charge in [0.05, 0.1) is 6.54 Å². The van der Waals surface area contributed by atoms with E-state index in [1.807, 2.05) is 0 Å². The number of halogens is 2. The Balaban J connectivity index is 1.56. The number of aromatic nitrogens is 3. The molecular formula is C15H18F2N4O2. The summed E-state index contributed by atoms with van der Waals surface area (Å²) in [4.78, 5) is 16.2. The van der Waals surface area contributed by atoms with Crippen LogP contribution in [0.1, 0.15) is 53.8 Å². The van der Waals surface area contributed by atoms with Crippen LogP contribution in [0.15, 0.2) is 22.9 Å². The van der Waals surface area contributed by atoms with Crippen molar-refractivity contribution in [3.8, 4) is 0 Å². The third kappa shape index (κ3) is 3.57. The van der Waals surface area contributed by atoms with E-state index in [1.54, 1.807) is 29.9 Å². The summed E-state index contributed by atoms with van der Waals surface area (Å²) >= 11 is 0. The van der Waals surface area contributed by atoms with Gasteiger partial charge in [-0.25, -0.2) is 8.78 Å². The lowest BCUT2D eigenvalue weighted by atomic mass is 9.86. The van der Waals surface area contributed by atoms with Gasteiger partial charge in [0.1, 0.15) is 5.69 Å². The highest BCUT2D eigenvalue weighted by molar-refractivity contribution is 5.92. The molecule has 1 saturated carbocycles. The molecule has 8 heteroatoms. The van der Waals surface area contributed by atoms with E-state index in [0.29, 0.717) is 24.4 Å². The normalized spacial score (nSPS) is 18.0. The minimum Gasteiger partial charge on any atom is -0.347 e. The van der Waals surface area contributed by atoms with E-state index in [2.05, 4.69) is 15.5 Å². The lowest BCUT2D eigenvalue weighted by Gasteiger charge is -2.26. The summed E-state index contributed by atoms with van der Waals surface area (Å²) in [5, 5.41) is 6.55. The molecule has 0 unspecified atom stereocenters. The maximum atomic E-state index is 13.2. The van der Waals surface area contributed by atoms with Gasteiger partial charge < -0.3 is 14.4 Å². The SMILES string of the molecule is Cn1cccc1C(=O)NCc1nc(C2CCC(F)(F)CC2)no1. The molecule has 1 aliphatic rings. The molecule has 6 nitrogen and oxygen atoms in total. The van der Waals surface area contributed by atoms with Crippen molar-refractivity contribution in [2.24, 2.45) is 7.05 Å². The van der Waals surface area contributed by atoms with Gasteiger partial charge in [0.15, 0.2) is 5.82 Å². The van der Waals surface area contributed by atoms with E-state index < -0.39 is 5.92 Å². The van der Waals surface area contributed by atoms with Crippen molar-refractivity contribution in [3.63, 3.8) is 0 Å². The number of hydrogen-bond acceptors (Lipinski definition) is 4. The molecule has 2 heterocycles. The first-order chi connectivity index (χ1) is 10.9. The van der Waals surface area contributed by atoms with E-state index in [0.717, 1.165) is 0 Å². The largest absolute Gasteiger partial charge is 0.347 e. The van der Waals surface area contributed by atoms with Gasteiger partial charge in [-0.15, -0.1) is 0 Å². The van der Waals surface area contributed by atoms with E-state index in [9.17, 15) is 13.6 Å². The molecule has 0 aliphatic heterocycles. The molecule has 3 rings (SSSR count). The van der Waals surface area contributed by atoms with Gasteiger partial charge in [-0.05, 0) is 25.0 Å². The van der Waals surface area contributed by atoms with Crippen molar-refractivity contribution < 1.29 is 18.1 Å². The van der Waals surface area contributed by atoms with Crippen LogP contribution in [0.25, 0.3) is 0 Å². The standard InChI is InChI=1S/C15H18F2N4O2/c1-21-8-2-3-11(21)14(22)18-9-12-19-13(20-23-12)10-4-6-15(16,17)7-5-10/h2-3,8,10H,4-7,9H2,1H3,(H,18,22). The molecule has 2 aromatic rings. The number of carbonyl (C=O) groups excluding carboxylic acids is 1. The quantitative estimate of drug-likeness (QED) is 0.938. The maximum Gasteiger partial charge on any atom is 0.268 e. The number of nitrogens with one attached hydrogen (secondary N) is 1. The van der Waals surface area contributed by atoms with Crippen molar-refractivity contribution >= 4 is 5.91 Å². The van der Waals surface area contributed by atoms with E-state index in [-0.39, 0.29) is 37.1 Å². The monoisotopic (exact) mass is 324 g/mol. The molecule has 2 aromatic heterocycles. The summed E-state index contributed by atoms with van der Waals surface area (Å²) in [5.74, 6) is -2.19. The second-order valence-electron chi connectivity index (χ2n) is 5.86. The molecular weight excluding hydrogens is 306 g/mol. The second kappa shape index (κ2) is 6.10. The molecule has 23 heavy (non-hydrogen) atoms. The minimum absolute atomic E-state index is 0.101. The van der Waals surface area contributed by atoms with E-state index >= 15 is 0 Å². The number of amides is 1. The summed E-state index contributed by atoms with van der Waals surface area (Å²) in [6.07, 6.45) is 2.18. The van der Waals surface area contributed by atoms with Gasteiger partial charge >= 0.3 is 0 Å². The van der Waals surface area contributed by atoms with Gasteiger partial charge in [-0.1, -0.05) is 5.16 Å². The topological polar surface area (TPSA) is 73.0 Å². The third-order valence-corrected chi connectivity index (χ3v) is 4.14. The van der Waals surface area contributed by atoms with Crippen molar-refractivity contribution in [2.45, 2.75) is 44.1 Å². The van der Waals surface area contributed by atoms with Crippen LogP contribution in [-0.2, 0) is 13.6 Å². The van der Waals surface area contributed by atoms with Crippen molar-refractivity contribution in [2.75, 3.05) is 0 Å². The molecule has 1 aliphatic carbocycles. The Bertz CT molecular complexity index is 685. The van der Waals surface area contributed by atoms with Crippen LogP contribution in [0.3, 0.4) is 0 Å². The fourth-order valence-corrected chi connectivity index (χ4v) is 2.75. The Morgan fingerprint density at radius 3 is 2.87 bits per heavy atom. The van der Waals surface area contributed by atoms with Crippen LogP contribution in [-0.4, -0.2) is 26.5 Å². The Labute approximate surface area is 131 Å². The number of hydrogen-bond donors (Lipinski definition) is 1. The molecule has 0 aromatic carbocycles.